The van der Waals surface area contributed by atoms with Crippen LogP contribution in [0.1, 0.15) is 58.8 Å². The van der Waals surface area contributed by atoms with Gasteiger partial charge in [-0.05, 0) is 12.8 Å². The summed E-state index contributed by atoms with van der Waals surface area (Å²) in [7, 11) is 1.57. The van der Waals surface area contributed by atoms with Crippen molar-refractivity contribution in [1.82, 2.24) is 4.31 Å². The fourth-order valence-electron chi connectivity index (χ4n) is 2.13. The van der Waals surface area contributed by atoms with E-state index in [9.17, 15) is 9.59 Å². The Kier molecular flexibility index (Phi) is 15.8. The second kappa shape index (κ2) is 16.3. The van der Waals surface area contributed by atoms with Crippen LogP contribution in [0.5, 0.6) is 0 Å². The molecule has 0 aliphatic carbocycles. The van der Waals surface area contributed by atoms with Gasteiger partial charge in [-0.1, -0.05) is 64.6 Å². The Morgan fingerprint density at radius 3 is 2.12 bits per heavy atom. The van der Waals surface area contributed by atoms with Crippen LogP contribution in [-0.2, 0) is 23.8 Å². The summed E-state index contributed by atoms with van der Waals surface area (Å²) >= 11 is 9.64. The van der Waals surface area contributed by atoms with Crippen molar-refractivity contribution in [2.45, 2.75) is 58.8 Å². The number of hydrogen-bond acceptors (Lipinski definition) is 7. The summed E-state index contributed by atoms with van der Waals surface area (Å²) < 4.78 is 16.9. The zero-order valence-electron chi connectivity index (χ0n) is 16.2. The van der Waals surface area contributed by atoms with Gasteiger partial charge in [0, 0.05) is 7.11 Å². The Morgan fingerprint density at radius 1 is 1.00 bits per heavy atom. The molecule has 0 aliphatic rings. The van der Waals surface area contributed by atoms with Gasteiger partial charge in [0.25, 0.3) is 0 Å². The minimum Gasteiger partial charge on any atom is -0.466 e. The average molecular weight is 408 g/mol. The molecule has 8 heteroatoms. The fraction of sp³-hybridized carbons (Fsp3) is 0.833. The summed E-state index contributed by atoms with van der Waals surface area (Å²) in [4.78, 5) is 24.8. The number of carbonyl (C=O) groups is 2. The molecule has 0 heterocycles. The molecule has 0 bridgehead atoms. The Bertz CT molecular complexity index is 420. The van der Waals surface area contributed by atoms with Gasteiger partial charge in [-0.15, -0.1) is 0 Å². The zero-order valence-corrected chi connectivity index (χ0v) is 17.9. The average Bonchev–Trinajstić information content (AvgIpc) is 2.64. The molecule has 0 saturated heterocycles. The molecule has 0 aliphatic heterocycles. The quantitative estimate of drug-likeness (QED) is 0.193. The van der Waals surface area contributed by atoms with Crippen molar-refractivity contribution in [3.63, 3.8) is 0 Å². The minimum absolute atomic E-state index is 0.137. The maximum Gasteiger partial charge on any atom is 0.316 e. The molecule has 26 heavy (non-hydrogen) atoms. The van der Waals surface area contributed by atoms with Crippen molar-refractivity contribution in [3.8, 4) is 0 Å². The minimum atomic E-state index is -0.875. The Balaban J connectivity index is 4.72. The van der Waals surface area contributed by atoms with Crippen molar-refractivity contribution >= 4 is 42.0 Å². The van der Waals surface area contributed by atoms with Crippen molar-refractivity contribution in [1.29, 1.82) is 0 Å². The van der Waals surface area contributed by atoms with Crippen LogP contribution in [-0.4, -0.2) is 54.7 Å². The maximum atomic E-state index is 12.4. The van der Waals surface area contributed by atoms with Crippen LogP contribution in [0.2, 0.25) is 0 Å². The third kappa shape index (κ3) is 11.7. The third-order valence-electron chi connectivity index (χ3n) is 3.72. The predicted molar refractivity (Wildman–Crippen MR) is 109 cm³/mol. The van der Waals surface area contributed by atoms with E-state index in [1.807, 2.05) is 0 Å². The molecule has 1 atom stereocenters. The number of methoxy groups -OCH3 is 1. The normalized spacial score (nSPS) is 11.7. The first kappa shape index (κ1) is 25.1. The zero-order chi connectivity index (χ0) is 19.8. The number of ether oxygens (including phenoxy) is 3. The molecule has 0 aromatic carbocycles. The van der Waals surface area contributed by atoms with Crippen molar-refractivity contribution in [2.24, 2.45) is 5.92 Å². The third-order valence-corrected chi connectivity index (χ3v) is 4.77. The topological polar surface area (TPSA) is 65.1 Å². The first-order valence-corrected chi connectivity index (χ1v) is 10.1. The smallest absolute Gasteiger partial charge is 0.316 e. The van der Waals surface area contributed by atoms with Crippen molar-refractivity contribution < 1.29 is 23.8 Å². The summed E-state index contributed by atoms with van der Waals surface area (Å²) in [6.07, 6.45) is 5.52. The van der Waals surface area contributed by atoms with Gasteiger partial charge in [0.1, 0.15) is 10.9 Å². The van der Waals surface area contributed by atoms with E-state index >= 15 is 0 Å². The van der Waals surface area contributed by atoms with E-state index in [4.69, 9.17) is 26.4 Å². The number of thiol groups is 1. The number of nitrogens with zero attached hydrogens (tertiary/aromatic N) is 1. The van der Waals surface area contributed by atoms with Gasteiger partial charge in [0.2, 0.25) is 0 Å². The highest BCUT2D eigenvalue weighted by atomic mass is 32.1. The van der Waals surface area contributed by atoms with E-state index in [0.29, 0.717) is 26.4 Å². The molecule has 152 valence electrons. The number of carbonyl (C=O) groups excluding carboxylic acids is 2. The maximum absolute atomic E-state index is 12.4. The molecule has 0 radical (unpaired) electrons. The molecular weight excluding hydrogens is 374 g/mol. The van der Waals surface area contributed by atoms with Crippen molar-refractivity contribution in [3.05, 3.63) is 0 Å². The van der Waals surface area contributed by atoms with E-state index in [1.165, 1.54) is 4.31 Å². The second-order valence-electron chi connectivity index (χ2n) is 6.01. The first-order valence-electron chi connectivity index (χ1n) is 9.29. The Labute approximate surface area is 168 Å². The van der Waals surface area contributed by atoms with Gasteiger partial charge in [0.15, 0.2) is 0 Å². The highest BCUT2D eigenvalue weighted by Gasteiger charge is 2.31. The Hall–Kier alpha value is -0.860. The van der Waals surface area contributed by atoms with Gasteiger partial charge in [-0.25, -0.2) is 0 Å². The van der Waals surface area contributed by atoms with E-state index in [0.717, 1.165) is 38.5 Å². The predicted octanol–water partition coefficient (Wildman–Crippen LogP) is 3.58. The lowest BCUT2D eigenvalue weighted by Gasteiger charge is -2.24. The summed E-state index contributed by atoms with van der Waals surface area (Å²) in [5.74, 6) is -1.83. The summed E-state index contributed by atoms with van der Waals surface area (Å²) in [6, 6.07) is 0. The molecule has 0 spiro atoms. The van der Waals surface area contributed by atoms with Crippen LogP contribution in [0.3, 0.4) is 0 Å². The molecular formula is C18H33NO5S2. The van der Waals surface area contributed by atoms with Crippen LogP contribution >= 0.6 is 25.0 Å². The molecule has 0 N–H and O–H groups in total. The Morgan fingerprint density at radius 2 is 1.58 bits per heavy atom. The van der Waals surface area contributed by atoms with Crippen LogP contribution in [0, 0.1) is 5.92 Å². The lowest BCUT2D eigenvalue weighted by atomic mass is 10.1. The van der Waals surface area contributed by atoms with Crippen LogP contribution < -0.4 is 0 Å². The SMILES string of the molecule is CCCCCOC(=O)CC(C(=O)OCCCCC)C(=S)N(S)CCOC. The van der Waals surface area contributed by atoms with Crippen molar-refractivity contribution in [2.75, 3.05) is 33.5 Å². The lowest BCUT2D eigenvalue weighted by Crippen LogP contribution is -2.37. The van der Waals surface area contributed by atoms with Gasteiger partial charge in [-0.3, -0.25) is 9.59 Å². The van der Waals surface area contributed by atoms with Crippen LogP contribution in [0.25, 0.3) is 0 Å². The number of rotatable bonds is 15. The van der Waals surface area contributed by atoms with E-state index in [-0.39, 0.29) is 11.4 Å². The molecule has 1 unspecified atom stereocenters. The number of unbranched alkanes of at least 4 members (excludes halogenated alkanes) is 4. The van der Waals surface area contributed by atoms with Crippen LogP contribution in [0.4, 0.5) is 0 Å². The molecule has 6 nitrogen and oxygen atoms in total. The monoisotopic (exact) mass is 407 g/mol. The highest BCUT2D eigenvalue weighted by Crippen LogP contribution is 2.16. The molecule has 0 fully saturated rings. The van der Waals surface area contributed by atoms with E-state index in [1.54, 1.807) is 7.11 Å². The lowest BCUT2D eigenvalue weighted by molar-refractivity contribution is -0.153. The van der Waals surface area contributed by atoms with E-state index < -0.39 is 17.9 Å². The largest absolute Gasteiger partial charge is 0.466 e. The van der Waals surface area contributed by atoms with Crippen LogP contribution in [0.15, 0.2) is 0 Å². The van der Waals surface area contributed by atoms with Gasteiger partial charge in [0.05, 0.1) is 32.8 Å². The molecule has 0 amide bonds. The standard InChI is InChI=1S/C18H33NO5S2/c1-4-6-8-11-23-16(20)14-15(17(25)19(26)10-13-22-3)18(21)24-12-9-7-5-2/h15,26H,4-14H2,1-3H3. The summed E-state index contributed by atoms with van der Waals surface area (Å²) in [5.41, 5.74) is 0. The number of esters is 2. The fourth-order valence-corrected chi connectivity index (χ4v) is 2.62. The summed E-state index contributed by atoms with van der Waals surface area (Å²) in [6.45, 7) is 5.63. The molecule has 0 rings (SSSR count). The second-order valence-corrected chi connectivity index (χ2v) is 6.91. The number of hydrogen-bond donors (Lipinski definition) is 1. The molecule has 0 aromatic heterocycles. The van der Waals surface area contributed by atoms with Gasteiger partial charge < -0.3 is 18.5 Å². The molecule has 0 aromatic rings. The van der Waals surface area contributed by atoms with E-state index in [2.05, 4.69) is 26.7 Å². The summed E-state index contributed by atoms with van der Waals surface area (Å²) in [5, 5.41) is 0. The van der Waals surface area contributed by atoms with Gasteiger partial charge >= 0.3 is 11.9 Å². The molecule has 0 saturated carbocycles. The number of thiocarbonyl (C=S) groups is 1. The highest BCUT2D eigenvalue weighted by molar-refractivity contribution is 7.84. The first-order chi connectivity index (χ1) is 12.5. The van der Waals surface area contributed by atoms with Gasteiger partial charge in [-0.2, -0.15) is 0 Å².